The molecule has 0 atom stereocenters. The van der Waals surface area contributed by atoms with Gasteiger partial charge in [-0.3, -0.25) is 9.88 Å². The summed E-state index contributed by atoms with van der Waals surface area (Å²) in [5.41, 5.74) is 2.25. The fourth-order valence-corrected chi connectivity index (χ4v) is 1.94. The third-order valence-electron chi connectivity index (χ3n) is 3.06. The molecule has 19 heavy (non-hydrogen) atoms. The molecule has 0 amide bonds. The lowest BCUT2D eigenvalue weighted by Gasteiger charge is -2.24. The molecule has 0 spiro atoms. The van der Waals surface area contributed by atoms with E-state index in [9.17, 15) is 0 Å². The Morgan fingerprint density at radius 1 is 1.37 bits per heavy atom. The van der Waals surface area contributed by atoms with Gasteiger partial charge in [-0.2, -0.15) is 0 Å². The third-order valence-corrected chi connectivity index (χ3v) is 3.06. The van der Waals surface area contributed by atoms with Crippen LogP contribution in [0.15, 0.2) is 30.9 Å². The molecule has 0 saturated heterocycles. The van der Waals surface area contributed by atoms with Crippen molar-refractivity contribution in [3.8, 4) is 0 Å². The summed E-state index contributed by atoms with van der Waals surface area (Å²) >= 11 is 0. The van der Waals surface area contributed by atoms with E-state index >= 15 is 0 Å². The molecule has 0 aliphatic heterocycles. The van der Waals surface area contributed by atoms with E-state index in [-0.39, 0.29) is 0 Å². The molecule has 0 unspecified atom stereocenters. The number of pyridine rings is 1. The fourth-order valence-electron chi connectivity index (χ4n) is 1.94. The van der Waals surface area contributed by atoms with Crippen molar-refractivity contribution in [1.82, 2.24) is 15.2 Å². The van der Waals surface area contributed by atoms with E-state index in [0.29, 0.717) is 6.04 Å². The second kappa shape index (κ2) is 8.83. The normalized spacial score (nSPS) is 11.2. The lowest BCUT2D eigenvalue weighted by molar-refractivity contribution is 0.234. The van der Waals surface area contributed by atoms with E-state index < -0.39 is 0 Å². The number of hydrogen-bond donors (Lipinski definition) is 1. The first-order valence-electron chi connectivity index (χ1n) is 7.17. The van der Waals surface area contributed by atoms with Crippen LogP contribution in [0.5, 0.6) is 0 Å². The number of nitrogens with zero attached hydrogens (tertiary/aromatic N) is 2. The predicted molar refractivity (Wildman–Crippen MR) is 82.0 cm³/mol. The molecule has 106 valence electrons. The van der Waals surface area contributed by atoms with Gasteiger partial charge < -0.3 is 5.32 Å². The van der Waals surface area contributed by atoms with Gasteiger partial charge in [0, 0.05) is 25.7 Å². The zero-order valence-electron chi connectivity index (χ0n) is 12.5. The third kappa shape index (κ3) is 5.99. The molecule has 0 fully saturated rings. The number of aromatic nitrogens is 1. The van der Waals surface area contributed by atoms with Crippen LogP contribution in [0.1, 0.15) is 38.6 Å². The van der Waals surface area contributed by atoms with Gasteiger partial charge in [0.2, 0.25) is 0 Å². The van der Waals surface area contributed by atoms with Crippen molar-refractivity contribution in [3.63, 3.8) is 0 Å². The molecule has 1 aromatic rings. The maximum absolute atomic E-state index is 4.71. The van der Waals surface area contributed by atoms with Crippen LogP contribution in [-0.4, -0.2) is 29.0 Å². The van der Waals surface area contributed by atoms with Gasteiger partial charge in [-0.25, -0.2) is 0 Å². The molecular formula is C16H27N3. The first-order valence-corrected chi connectivity index (χ1v) is 7.17. The molecule has 0 aliphatic rings. The average Bonchev–Trinajstić information content (AvgIpc) is 2.39. The summed E-state index contributed by atoms with van der Waals surface area (Å²) in [6.07, 6.45) is 3.10. The summed E-state index contributed by atoms with van der Waals surface area (Å²) in [5, 5.41) is 3.39. The van der Waals surface area contributed by atoms with Gasteiger partial charge in [0.1, 0.15) is 0 Å². The average molecular weight is 261 g/mol. The summed E-state index contributed by atoms with van der Waals surface area (Å²) in [6.45, 7) is 14.1. The van der Waals surface area contributed by atoms with Crippen molar-refractivity contribution in [1.29, 1.82) is 0 Å². The first-order chi connectivity index (χ1) is 9.17. The Bertz CT molecular complexity index is 374. The standard InChI is InChI=1S/C16H27N3/c1-5-10-17-12-15-8-7-9-16(18-15)13-19(11-6-2)14(3)4/h6-9,14,17H,2,5,10-13H2,1,3-4H3. The Labute approximate surface area is 117 Å². The van der Waals surface area contributed by atoms with E-state index in [4.69, 9.17) is 4.98 Å². The van der Waals surface area contributed by atoms with Gasteiger partial charge in [0.05, 0.1) is 11.4 Å². The summed E-state index contributed by atoms with van der Waals surface area (Å²) < 4.78 is 0. The van der Waals surface area contributed by atoms with Gasteiger partial charge in [-0.05, 0) is 38.9 Å². The molecule has 0 aromatic carbocycles. The van der Waals surface area contributed by atoms with Crippen molar-refractivity contribution in [2.45, 2.75) is 46.3 Å². The van der Waals surface area contributed by atoms with Crippen molar-refractivity contribution in [3.05, 3.63) is 42.2 Å². The quantitative estimate of drug-likeness (QED) is 0.547. The highest BCUT2D eigenvalue weighted by molar-refractivity contribution is 5.11. The summed E-state index contributed by atoms with van der Waals surface area (Å²) in [7, 11) is 0. The molecule has 3 heteroatoms. The van der Waals surface area contributed by atoms with Crippen LogP contribution in [0, 0.1) is 0 Å². The van der Waals surface area contributed by atoms with Crippen LogP contribution in [0.25, 0.3) is 0 Å². The molecule has 1 N–H and O–H groups in total. The molecule has 1 heterocycles. The van der Waals surface area contributed by atoms with Gasteiger partial charge in [-0.15, -0.1) is 6.58 Å². The van der Waals surface area contributed by atoms with Crippen LogP contribution < -0.4 is 5.32 Å². The SMILES string of the molecule is C=CCN(Cc1cccc(CNCCC)n1)C(C)C. The Hall–Kier alpha value is -1.19. The van der Waals surface area contributed by atoms with Crippen LogP contribution >= 0.6 is 0 Å². The Morgan fingerprint density at radius 2 is 2.11 bits per heavy atom. The van der Waals surface area contributed by atoms with Crippen LogP contribution in [0.4, 0.5) is 0 Å². The van der Waals surface area contributed by atoms with Crippen LogP contribution in [0.3, 0.4) is 0 Å². The van der Waals surface area contributed by atoms with Gasteiger partial charge in [0.25, 0.3) is 0 Å². The number of rotatable bonds is 9. The summed E-state index contributed by atoms with van der Waals surface area (Å²) in [6, 6.07) is 6.78. The van der Waals surface area contributed by atoms with E-state index in [0.717, 1.165) is 44.0 Å². The molecule has 1 aromatic heterocycles. The highest BCUT2D eigenvalue weighted by Crippen LogP contribution is 2.07. The van der Waals surface area contributed by atoms with Crippen molar-refractivity contribution in [2.24, 2.45) is 0 Å². The van der Waals surface area contributed by atoms with Crippen LogP contribution in [-0.2, 0) is 13.1 Å². The smallest absolute Gasteiger partial charge is 0.0548 e. The molecule has 3 nitrogen and oxygen atoms in total. The van der Waals surface area contributed by atoms with E-state index in [1.54, 1.807) is 0 Å². The second-order valence-electron chi connectivity index (χ2n) is 5.11. The molecular weight excluding hydrogens is 234 g/mol. The number of nitrogens with one attached hydrogen (secondary N) is 1. The molecule has 0 bridgehead atoms. The van der Waals surface area contributed by atoms with Gasteiger partial charge >= 0.3 is 0 Å². The highest BCUT2D eigenvalue weighted by Gasteiger charge is 2.09. The monoisotopic (exact) mass is 261 g/mol. The lowest BCUT2D eigenvalue weighted by Crippen LogP contribution is -2.30. The zero-order valence-corrected chi connectivity index (χ0v) is 12.5. The van der Waals surface area contributed by atoms with Crippen molar-refractivity contribution >= 4 is 0 Å². The minimum Gasteiger partial charge on any atom is -0.311 e. The minimum atomic E-state index is 0.502. The molecule has 0 aliphatic carbocycles. The summed E-state index contributed by atoms with van der Waals surface area (Å²) in [4.78, 5) is 7.07. The lowest BCUT2D eigenvalue weighted by atomic mass is 10.2. The Morgan fingerprint density at radius 3 is 2.74 bits per heavy atom. The predicted octanol–water partition coefficient (Wildman–Crippen LogP) is 2.98. The van der Waals surface area contributed by atoms with Gasteiger partial charge in [-0.1, -0.05) is 19.1 Å². The maximum Gasteiger partial charge on any atom is 0.0548 e. The van der Waals surface area contributed by atoms with E-state index in [1.807, 2.05) is 6.08 Å². The molecule has 1 rings (SSSR count). The van der Waals surface area contributed by atoms with Crippen molar-refractivity contribution < 1.29 is 0 Å². The Kier molecular flexibility index (Phi) is 7.38. The highest BCUT2D eigenvalue weighted by atomic mass is 15.1. The fraction of sp³-hybridized carbons (Fsp3) is 0.562. The first kappa shape index (κ1) is 15.9. The zero-order chi connectivity index (χ0) is 14.1. The van der Waals surface area contributed by atoms with Crippen LogP contribution in [0.2, 0.25) is 0 Å². The van der Waals surface area contributed by atoms with Crippen molar-refractivity contribution in [2.75, 3.05) is 13.1 Å². The minimum absolute atomic E-state index is 0.502. The maximum atomic E-state index is 4.71. The van der Waals surface area contributed by atoms with E-state index in [1.165, 1.54) is 0 Å². The second-order valence-corrected chi connectivity index (χ2v) is 5.11. The van der Waals surface area contributed by atoms with E-state index in [2.05, 4.69) is 55.8 Å². The number of hydrogen-bond acceptors (Lipinski definition) is 3. The molecule has 0 radical (unpaired) electrons. The Balaban J connectivity index is 2.61. The molecule has 0 saturated carbocycles. The topological polar surface area (TPSA) is 28.2 Å². The summed E-state index contributed by atoms with van der Waals surface area (Å²) in [5.74, 6) is 0. The largest absolute Gasteiger partial charge is 0.311 e. The van der Waals surface area contributed by atoms with Gasteiger partial charge in [0.15, 0.2) is 0 Å².